The number of hydrogen-bond donors (Lipinski definition) is 0. The molecule has 0 fully saturated rings. The molecule has 5 rings (SSSR count). The molecule has 0 spiro atoms. The summed E-state index contributed by atoms with van der Waals surface area (Å²) in [4.78, 5) is 6.29. The highest BCUT2D eigenvalue weighted by Gasteiger charge is 2.27. The summed E-state index contributed by atoms with van der Waals surface area (Å²) in [6, 6.07) is 28.2. The van der Waals surface area contributed by atoms with Crippen molar-refractivity contribution >= 4 is 17.1 Å². The van der Waals surface area contributed by atoms with Crippen molar-refractivity contribution in [1.82, 2.24) is 4.98 Å². The number of nitriles is 1. The van der Waals surface area contributed by atoms with E-state index in [0.29, 0.717) is 5.56 Å². The van der Waals surface area contributed by atoms with Crippen LogP contribution in [0.3, 0.4) is 0 Å². The van der Waals surface area contributed by atoms with Crippen LogP contribution in [0.4, 0.5) is 17.1 Å². The molecule has 0 N–H and O–H groups in total. The van der Waals surface area contributed by atoms with Crippen LogP contribution in [0.5, 0.6) is 11.5 Å². The molecular formula is C24H15N3O. The monoisotopic (exact) mass is 361 g/mol. The van der Waals surface area contributed by atoms with Crippen molar-refractivity contribution in [2.45, 2.75) is 0 Å². The first-order valence-electron chi connectivity index (χ1n) is 8.96. The molecule has 4 nitrogen and oxygen atoms in total. The minimum absolute atomic E-state index is 0.546. The zero-order chi connectivity index (χ0) is 18.9. The van der Waals surface area contributed by atoms with Gasteiger partial charge in [0.2, 0.25) is 0 Å². The Morgan fingerprint density at radius 3 is 2.00 bits per heavy atom. The Bertz CT molecular complexity index is 1180. The lowest BCUT2D eigenvalue weighted by Crippen LogP contribution is -2.16. The molecule has 4 aromatic rings. The standard InChI is InChI=1S/C24H15N3O/c25-15-17-16-26-14-13-18(17)19-7-1-2-8-20(19)27-21-9-3-5-11-23(21)28-24-12-6-4-10-22(24)27/h1-14,16H. The second-order valence-corrected chi connectivity index (χ2v) is 6.42. The van der Waals surface area contributed by atoms with Crippen LogP contribution in [-0.4, -0.2) is 4.98 Å². The summed E-state index contributed by atoms with van der Waals surface area (Å²) in [6.07, 6.45) is 3.32. The van der Waals surface area contributed by atoms with Crippen LogP contribution in [0, 0.1) is 11.3 Å². The zero-order valence-electron chi connectivity index (χ0n) is 14.9. The number of ether oxygens (including phenoxy) is 1. The fourth-order valence-corrected chi connectivity index (χ4v) is 3.58. The lowest BCUT2D eigenvalue weighted by atomic mass is 9.98. The van der Waals surface area contributed by atoms with Crippen LogP contribution in [0.25, 0.3) is 11.1 Å². The summed E-state index contributed by atoms with van der Waals surface area (Å²) in [5.41, 5.74) is 5.27. The summed E-state index contributed by atoms with van der Waals surface area (Å²) in [7, 11) is 0. The summed E-state index contributed by atoms with van der Waals surface area (Å²) in [6.45, 7) is 0. The van der Waals surface area contributed by atoms with E-state index in [0.717, 1.165) is 39.7 Å². The highest BCUT2D eigenvalue weighted by Crippen LogP contribution is 2.52. The maximum absolute atomic E-state index is 9.57. The van der Waals surface area contributed by atoms with Crippen molar-refractivity contribution < 1.29 is 4.74 Å². The molecule has 0 aliphatic carbocycles. The largest absolute Gasteiger partial charge is 0.453 e. The van der Waals surface area contributed by atoms with E-state index in [1.54, 1.807) is 12.4 Å². The quantitative estimate of drug-likeness (QED) is 0.376. The third-order valence-electron chi connectivity index (χ3n) is 4.81. The van der Waals surface area contributed by atoms with Crippen molar-refractivity contribution in [2.75, 3.05) is 4.90 Å². The van der Waals surface area contributed by atoms with Crippen molar-refractivity contribution in [2.24, 2.45) is 0 Å². The normalized spacial score (nSPS) is 11.8. The fraction of sp³-hybridized carbons (Fsp3) is 0. The van der Waals surface area contributed by atoms with Gasteiger partial charge in [0.05, 0.1) is 22.6 Å². The molecule has 0 amide bonds. The Morgan fingerprint density at radius 2 is 1.32 bits per heavy atom. The van der Waals surface area contributed by atoms with Gasteiger partial charge in [0.25, 0.3) is 0 Å². The second-order valence-electron chi connectivity index (χ2n) is 6.42. The van der Waals surface area contributed by atoms with E-state index >= 15 is 0 Å². The van der Waals surface area contributed by atoms with Gasteiger partial charge in [-0.3, -0.25) is 4.98 Å². The Hall–Kier alpha value is -4.10. The topological polar surface area (TPSA) is 49.2 Å². The molecular weight excluding hydrogens is 346 g/mol. The third kappa shape index (κ3) is 2.50. The number of para-hydroxylation sites is 5. The fourth-order valence-electron chi connectivity index (χ4n) is 3.58. The van der Waals surface area contributed by atoms with Gasteiger partial charge < -0.3 is 9.64 Å². The molecule has 0 saturated heterocycles. The van der Waals surface area contributed by atoms with Crippen molar-refractivity contribution in [3.05, 3.63) is 96.8 Å². The zero-order valence-corrected chi connectivity index (χ0v) is 14.9. The van der Waals surface area contributed by atoms with E-state index in [1.165, 1.54) is 0 Å². The summed E-state index contributed by atoms with van der Waals surface area (Å²) in [5.74, 6) is 1.59. The smallest absolute Gasteiger partial charge is 0.151 e. The molecule has 132 valence electrons. The molecule has 0 radical (unpaired) electrons. The Morgan fingerprint density at radius 1 is 0.714 bits per heavy atom. The highest BCUT2D eigenvalue weighted by molar-refractivity contribution is 5.93. The average molecular weight is 361 g/mol. The van der Waals surface area contributed by atoms with Gasteiger partial charge >= 0.3 is 0 Å². The van der Waals surface area contributed by atoms with Crippen LogP contribution in [-0.2, 0) is 0 Å². The van der Waals surface area contributed by atoms with E-state index in [2.05, 4.69) is 22.0 Å². The Labute approximate surface area is 162 Å². The van der Waals surface area contributed by atoms with E-state index in [-0.39, 0.29) is 0 Å². The minimum Gasteiger partial charge on any atom is -0.453 e. The average Bonchev–Trinajstić information content (AvgIpc) is 2.77. The lowest BCUT2D eigenvalue weighted by Gasteiger charge is -2.34. The number of aromatic nitrogens is 1. The van der Waals surface area contributed by atoms with Gasteiger partial charge in [0.15, 0.2) is 11.5 Å². The Balaban J connectivity index is 1.79. The van der Waals surface area contributed by atoms with Gasteiger partial charge in [-0.25, -0.2) is 0 Å². The van der Waals surface area contributed by atoms with Crippen LogP contribution in [0.15, 0.2) is 91.3 Å². The van der Waals surface area contributed by atoms with Gasteiger partial charge in [-0.2, -0.15) is 5.26 Å². The number of fused-ring (bicyclic) bond motifs is 2. The first-order valence-corrected chi connectivity index (χ1v) is 8.96. The molecule has 2 heterocycles. The molecule has 1 aromatic heterocycles. The predicted octanol–water partition coefficient (Wildman–Crippen LogP) is 6.20. The van der Waals surface area contributed by atoms with Gasteiger partial charge in [0, 0.05) is 23.5 Å². The highest BCUT2D eigenvalue weighted by atomic mass is 16.5. The summed E-state index contributed by atoms with van der Waals surface area (Å²) >= 11 is 0. The molecule has 3 aromatic carbocycles. The van der Waals surface area contributed by atoms with Crippen LogP contribution in [0.1, 0.15) is 5.56 Å². The maximum Gasteiger partial charge on any atom is 0.151 e. The van der Waals surface area contributed by atoms with Crippen LogP contribution < -0.4 is 9.64 Å². The number of pyridine rings is 1. The predicted molar refractivity (Wildman–Crippen MR) is 109 cm³/mol. The number of rotatable bonds is 2. The minimum atomic E-state index is 0.546. The van der Waals surface area contributed by atoms with Gasteiger partial charge in [-0.15, -0.1) is 0 Å². The number of nitrogens with zero attached hydrogens (tertiary/aromatic N) is 3. The molecule has 0 unspecified atom stereocenters. The van der Waals surface area contributed by atoms with Gasteiger partial charge in [0.1, 0.15) is 6.07 Å². The summed E-state index contributed by atoms with van der Waals surface area (Å²) < 4.78 is 6.12. The molecule has 4 heteroatoms. The van der Waals surface area contributed by atoms with Gasteiger partial charge in [-0.1, -0.05) is 42.5 Å². The second kappa shape index (κ2) is 6.57. The van der Waals surface area contributed by atoms with Crippen molar-refractivity contribution in [1.29, 1.82) is 5.26 Å². The van der Waals surface area contributed by atoms with Gasteiger partial charge in [-0.05, 0) is 36.4 Å². The number of anilines is 3. The van der Waals surface area contributed by atoms with E-state index in [9.17, 15) is 5.26 Å². The SMILES string of the molecule is N#Cc1cnccc1-c1ccccc1N1c2ccccc2Oc2ccccc21. The first kappa shape index (κ1) is 16.1. The van der Waals surface area contributed by atoms with Crippen molar-refractivity contribution in [3.63, 3.8) is 0 Å². The van der Waals surface area contributed by atoms with E-state index in [4.69, 9.17) is 4.74 Å². The molecule has 0 atom stereocenters. The van der Waals surface area contributed by atoms with Crippen LogP contribution >= 0.6 is 0 Å². The van der Waals surface area contributed by atoms with Crippen molar-refractivity contribution in [3.8, 4) is 28.7 Å². The lowest BCUT2D eigenvalue weighted by molar-refractivity contribution is 0.477. The molecule has 1 aliphatic rings. The molecule has 1 aliphatic heterocycles. The maximum atomic E-state index is 9.57. The summed E-state index contributed by atoms with van der Waals surface area (Å²) in [5, 5.41) is 9.57. The number of hydrogen-bond acceptors (Lipinski definition) is 4. The third-order valence-corrected chi connectivity index (χ3v) is 4.81. The first-order chi connectivity index (χ1) is 13.9. The molecule has 0 bridgehead atoms. The number of benzene rings is 3. The van der Waals surface area contributed by atoms with E-state index < -0.39 is 0 Å². The molecule has 28 heavy (non-hydrogen) atoms. The molecule has 0 saturated carbocycles. The van der Waals surface area contributed by atoms with E-state index in [1.807, 2.05) is 72.8 Å². The van der Waals surface area contributed by atoms with Crippen LogP contribution in [0.2, 0.25) is 0 Å². The Kier molecular flexibility index (Phi) is 3.78.